The fourth-order valence-corrected chi connectivity index (χ4v) is 3.83. The van der Waals surface area contributed by atoms with Gasteiger partial charge in [0.15, 0.2) is 0 Å². The number of amides is 2. The number of hydrogen-bond acceptors (Lipinski definition) is 5. The standard InChI is InChI=1S/C24H31BN2O5/c1-7-21(24(3,4)5)27(23(30)16-11-12-17(14-28)19(13-16)25-31)26-22(29)18-9-8-10-20(32-6)15(18)2/h8-14,21,25,31H,7H2,1-6H3,(H,26,29)/t21-/m1/s1. The molecule has 1 atom stereocenters. The van der Waals surface area contributed by atoms with Crippen molar-refractivity contribution in [2.24, 2.45) is 5.41 Å². The summed E-state index contributed by atoms with van der Waals surface area (Å²) in [5.74, 6) is -0.271. The Labute approximate surface area is 190 Å². The average Bonchev–Trinajstić information content (AvgIpc) is 2.76. The number of methoxy groups -OCH3 is 1. The number of rotatable bonds is 7. The number of carbonyl (C=O) groups is 3. The minimum Gasteiger partial charge on any atom is -0.496 e. The predicted molar refractivity (Wildman–Crippen MR) is 126 cm³/mol. The first kappa shape index (κ1) is 25.1. The molecule has 0 bridgehead atoms. The second-order valence-electron chi connectivity index (χ2n) is 8.73. The Balaban J connectivity index is 2.51. The fourth-order valence-electron chi connectivity index (χ4n) is 3.83. The molecule has 7 nitrogen and oxygen atoms in total. The van der Waals surface area contributed by atoms with Crippen molar-refractivity contribution in [2.45, 2.75) is 47.1 Å². The highest BCUT2D eigenvalue weighted by atomic mass is 16.5. The van der Waals surface area contributed by atoms with E-state index in [4.69, 9.17) is 4.74 Å². The van der Waals surface area contributed by atoms with Crippen molar-refractivity contribution in [2.75, 3.05) is 7.11 Å². The highest BCUT2D eigenvalue weighted by molar-refractivity contribution is 6.47. The normalized spacial score (nSPS) is 12.0. The van der Waals surface area contributed by atoms with Gasteiger partial charge >= 0.3 is 7.48 Å². The third-order valence-corrected chi connectivity index (χ3v) is 5.57. The summed E-state index contributed by atoms with van der Waals surface area (Å²) in [6.07, 6.45) is 1.24. The molecule has 0 aliphatic carbocycles. The van der Waals surface area contributed by atoms with Crippen LogP contribution in [0.2, 0.25) is 0 Å². The van der Waals surface area contributed by atoms with Crippen LogP contribution in [0.15, 0.2) is 36.4 Å². The molecule has 2 aromatic carbocycles. The number of hydrogen-bond donors (Lipinski definition) is 2. The summed E-state index contributed by atoms with van der Waals surface area (Å²) in [7, 11) is 1.16. The van der Waals surface area contributed by atoms with Crippen LogP contribution in [0, 0.1) is 12.3 Å². The minimum absolute atomic E-state index is 0.269. The molecule has 0 fully saturated rings. The number of nitrogens with zero attached hydrogens (tertiary/aromatic N) is 1. The fraction of sp³-hybridized carbons (Fsp3) is 0.375. The van der Waals surface area contributed by atoms with Crippen LogP contribution < -0.4 is 15.6 Å². The number of ether oxygens (including phenoxy) is 1. The largest absolute Gasteiger partial charge is 0.496 e. The second-order valence-corrected chi connectivity index (χ2v) is 8.73. The van der Waals surface area contributed by atoms with E-state index in [9.17, 15) is 19.4 Å². The molecule has 0 saturated heterocycles. The third kappa shape index (κ3) is 5.37. The number of nitrogens with one attached hydrogen (secondary N) is 1. The smallest absolute Gasteiger partial charge is 0.305 e. The van der Waals surface area contributed by atoms with Gasteiger partial charge in [0.25, 0.3) is 11.8 Å². The molecule has 2 rings (SSSR count). The van der Waals surface area contributed by atoms with Crippen LogP contribution in [0.4, 0.5) is 0 Å². The Hall–Kier alpha value is -3.13. The van der Waals surface area contributed by atoms with E-state index in [-0.39, 0.29) is 24.5 Å². The summed E-state index contributed by atoms with van der Waals surface area (Å²) in [5, 5.41) is 10.9. The third-order valence-electron chi connectivity index (χ3n) is 5.57. The van der Waals surface area contributed by atoms with E-state index >= 15 is 0 Å². The molecule has 0 heterocycles. The number of aldehydes is 1. The van der Waals surface area contributed by atoms with Crippen LogP contribution >= 0.6 is 0 Å². The summed E-state index contributed by atoms with van der Waals surface area (Å²) >= 11 is 0. The quantitative estimate of drug-likeness (QED) is 0.393. The van der Waals surface area contributed by atoms with Crippen molar-refractivity contribution in [3.8, 4) is 5.75 Å². The Morgan fingerprint density at radius 3 is 2.47 bits per heavy atom. The van der Waals surface area contributed by atoms with Crippen LogP contribution in [0.5, 0.6) is 5.75 Å². The minimum atomic E-state index is -0.427. The molecule has 0 unspecified atom stereocenters. The van der Waals surface area contributed by atoms with Gasteiger partial charge in [-0.05, 0) is 42.4 Å². The molecule has 0 saturated carbocycles. The molecular formula is C24H31BN2O5. The van der Waals surface area contributed by atoms with Gasteiger partial charge in [-0.1, -0.05) is 45.9 Å². The Bertz CT molecular complexity index is 1000. The van der Waals surface area contributed by atoms with Crippen LogP contribution in [0.25, 0.3) is 0 Å². The van der Waals surface area contributed by atoms with Crippen molar-refractivity contribution in [3.05, 3.63) is 58.7 Å². The van der Waals surface area contributed by atoms with Crippen molar-refractivity contribution in [3.63, 3.8) is 0 Å². The molecule has 2 amide bonds. The lowest BCUT2D eigenvalue weighted by molar-refractivity contribution is 0.0284. The molecule has 32 heavy (non-hydrogen) atoms. The average molecular weight is 438 g/mol. The first-order chi connectivity index (χ1) is 15.1. The van der Waals surface area contributed by atoms with E-state index in [1.165, 1.54) is 30.3 Å². The van der Waals surface area contributed by atoms with Crippen molar-refractivity contribution in [1.29, 1.82) is 0 Å². The van der Waals surface area contributed by atoms with Crippen molar-refractivity contribution >= 4 is 31.0 Å². The van der Waals surface area contributed by atoms with E-state index in [0.29, 0.717) is 40.6 Å². The van der Waals surface area contributed by atoms with Gasteiger partial charge in [0.1, 0.15) is 12.0 Å². The van der Waals surface area contributed by atoms with E-state index in [0.717, 1.165) is 0 Å². The van der Waals surface area contributed by atoms with Crippen molar-refractivity contribution in [1.82, 2.24) is 10.4 Å². The summed E-state index contributed by atoms with van der Waals surface area (Å²) in [6, 6.07) is 9.36. The molecule has 0 aliphatic rings. The monoisotopic (exact) mass is 438 g/mol. The van der Waals surface area contributed by atoms with Gasteiger partial charge in [0.05, 0.1) is 13.2 Å². The lowest BCUT2D eigenvalue weighted by Crippen LogP contribution is -2.56. The lowest BCUT2D eigenvalue weighted by Gasteiger charge is -2.39. The maximum Gasteiger partial charge on any atom is 0.305 e. The maximum atomic E-state index is 13.6. The number of benzene rings is 2. The van der Waals surface area contributed by atoms with E-state index in [1.807, 2.05) is 27.7 Å². The maximum absolute atomic E-state index is 13.6. The zero-order valence-corrected chi connectivity index (χ0v) is 19.6. The van der Waals surface area contributed by atoms with Crippen molar-refractivity contribution < 1.29 is 24.1 Å². The molecule has 0 aliphatic heterocycles. The molecule has 8 heteroatoms. The topological polar surface area (TPSA) is 95.9 Å². The molecule has 170 valence electrons. The van der Waals surface area contributed by atoms with Gasteiger partial charge in [-0.3, -0.25) is 19.8 Å². The summed E-state index contributed by atoms with van der Waals surface area (Å²) < 4.78 is 5.32. The molecule has 2 N–H and O–H groups in total. The van der Waals surface area contributed by atoms with Crippen LogP contribution in [0.1, 0.15) is 70.8 Å². The Morgan fingerprint density at radius 1 is 1.25 bits per heavy atom. The van der Waals surface area contributed by atoms with Crippen LogP contribution in [-0.4, -0.2) is 48.8 Å². The molecule has 0 radical (unpaired) electrons. The van der Waals surface area contributed by atoms with E-state index < -0.39 is 11.8 Å². The second kappa shape index (κ2) is 10.5. The highest BCUT2D eigenvalue weighted by Gasteiger charge is 2.34. The first-order valence-corrected chi connectivity index (χ1v) is 10.6. The van der Waals surface area contributed by atoms with Gasteiger partial charge in [-0.2, -0.15) is 0 Å². The SMILES string of the molecule is CC[C@@H](N(NC(=O)c1cccc(OC)c1C)C(=O)c1ccc(C=O)c(BO)c1)C(C)(C)C. The molecule has 0 aromatic heterocycles. The van der Waals surface area contributed by atoms with Crippen LogP contribution in [0.3, 0.4) is 0 Å². The number of hydrazine groups is 1. The van der Waals surface area contributed by atoms with Gasteiger partial charge in [0.2, 0.25) is 0 Å². The van der Waals surface area contributed by atoms with Gasteiger partial charge < -0.3 is 9.76 Å². The van der Waals surface area contributed by atoms with Crippen LogP contribution in [-0.2, 0) is 0 Å². The van der Waals surface area contributed by atoms with Gasteiger partial charge in [-0.15, -0.1) is 0 Å². The zero-order valence-electron chi connectivity index (χ0n) is 19.6. The first-order valence-electron chi connectivity index (χ1n) is 10.6. The summed E-state index contributed by atoms with van der Waals surface area (Å²) in [4.78, 5) is 38.0. The summed E-state index contributed by atoms with van der Waals surface area (Å²) in [5.41, 5.74) is 4.48. The molecule has 2 aromatic rings. The predicted octanol–water partition coefficient (Wildman–Crippen LogP) is 2.40. The highest BCUT2D eigenvalue weighted by Crippen LogP contribution is 2.28. The molecular weight excluding hydrogens is 407 g/mol. The summed E-state index contributed by atoms with van der Waals surface area (Å²) in [6.45, 7) is 9.73. The Morgan fingerprint density at radius 2 is 1.94 bits per heavy atom. The van der Waals surface area contributed by atoms with Gasteiger partial charge in [0, 0.05) is 22.3 Å². The molecule has 0 spiro atoms. The number of carbonyl (C=O) groups excluding carboxylic acids is 3. The van der Waals surface area contributed by atoms with E-state index in [2.05, 4.69) is 5.43 Å². The van der Waals surface area contributed by atoms with E-state index in [1.54, 1.807) is 25.1 Å². The zero-order chi connectivity index (χ0) is 24.1. The van der Waals surface area contributed by atoms with Gasteiger partial charge in [-0.25, -0.2) is 5.01 Å². The Kier molecular flexibility index (Phi) is 8.22. The lowest BCUT2D eigenvalue weighted by atomic mass is 9.82.